The summed E-state index contributed by atoms with van der Waals surface area (Å²) in [5.74, 6) is 0. The molecule has 1 aliphatic rings. The van der Waals surface area contributed by atoms with Crippen LogP contribution >= 0.6 is 0 Å². The predicted octanol–water partition coefficient (Wildman–Crippen LogP) is 3.98. The second-order valence-corrected chi connectivity index (χ2v) is 6.70. The molecule has 5 nitrogen and oxygen atoms in total. The lowest BCUT2D eigenvalue weighted by atomic mass is 10.0. The maximum atomic E-state index is 13.0. The van der Waals surface area contributed by atoms with E-state index >= 15 is 0 Å². The fourth-order valence-corrected chi connectivity index (χ4v) is 3.40. The van der Waals surface area contributed by atoms with Crippen molar-refractivity contribution in [2.75, 3.05) is 6.61 Å². The van der Waals surface area contributed by atoms with E-state index in [2.05, 4.69) is 9.97 Å². The van der Waals surface area contributed by atoms with E-state index in [1.54, 1.807) is 16.7 Å². The lowest BCUT2D eigenvalue weighted by Gasteiger charge is -2.22. The number of fused-ring (bicyclic) bond motifs is 1. The molecule has 3 heterocycles. The molecule has 2 aromatic heterocycles. The average Bonchev–Trinajstić information content (AvgIpc) is 2.97. The molecule has 1 N–H and O–H groups in total. The molecular formula is C19H18F3N3O2. The highest BCUT2D eigenvalue weighted by atomic mass is 19.4. The van der Waals surface area contributed by atoms with Gasteiger partial charge in [-0.25, -0.2) is 9.78 Å². The van der Waals surface area contributed by atoms with Gasteiger partial charge in [0.15, 0.2) is 5.65 Å². The molecule has 3 aromatic rings. The Hall–Kier alpha value is -2.61. The summed E-state index contributed by atoms with van der Waals surface area (Å²) in [5.41, 5.74) is 0.866. The smallest absolute Gasteiger partial charge is 0.376 e. The van der Waals surface area contributed by atoms with Crippen molar-refractivity contribution in [2.45, 2.75) is 38.1 Å². The Kier molecular flexibility index (Phi) is 4.51. The number of aromatic amines is 1. The summed E-state index contributed by atoms with van der Waals surface area (Å²) in [6, 6.07) is 6.77. The molecule has 1 unspecified atom stereocenters. The van der Waals surface area contributed by atoms with E-state index in [4.69, 9.17) is 4.74 Å². The molecule has 0 aliphatic carbocycles. The van der Waals surface area contributed by atoms with Crippen molar-refractivity contribution in [2.24, 2.45) is 0 Å². The summed E-state index contributed by atoms with van der Waals surface area (Å²) < 4.78 is 46.2. The van der Waals surface area contributed by atoms with Crippen LogP contribution < -0.4 is 5.69 Å². The van der Waals surface area contributed by atoms with Gasteiger partial charge in [0.2, 0.25) is 0 Å². The number of imidazole rings is 1. The number of nitrogens with one attached hydrogen (secondary N) is 1. The topological polar surface area (TPSA) is 59.9 Å². The number of benzene rings is 1. The first-order chi connectivity index (χ1) is 12.9. The highest BCUT2D eigenvalue weighted by Gasteiger charge is 2.30. The van der Waals surface area contributed by atoms with Crippen LogP contribution in [0.2, 0.25) is 0 Å². The average molecular weight is 377 g/mol. The Balaban J connectivity index is 1.73. The van der Waals surface area contributed by atoms with E-state index in [1.807, 2.05) is 0 Å². The van der Waals surface area contributed by atoms with E-state index in [9.17, 15) is 18.0 Å². The molecule has 1 fully saturated rings. The van der Waals surface area contributed by atoms with Crippen LogP contribution in [-0.2, 0) is 17.5 Å². The highest BCUT2D eigenvalue weighted by molar-refractivity contribution is 5.78. The minimum Gasteiger partial charge on any atom is -0.376 e. The van der Waals surface area contributed by atoms with Crippen LogP contribution in [0.5, 0.6) is 0 Å². The van der Waals surface area contributed by atoms with Gasteiger partial charge in [0.1, 0.15) is 0 Å². The van der Waals surface area contributed by atoms with Gasteiger partial charge in [0.25, 0.3) is 0 Å². The summed E-state index contributed by atoms with van der Waals surface area (Å²) in [6.07, 6.45) is -0.0553. The number of pyridine rings is 1. The molecule has 0 spiro atoms. The van der Waals surface area contributed by atoms with Crippen molar-refractivity contribution in [3.63, 3.8) is 0 Å². The molecule has 0 radical (unpaired) electrons. The zero-order valence-corrected chi connectivity index (χ0v) is 14.4. The van der Waals surface area contributed by atoms with Crippen molar-refractivity contribution in [3.8, 4) is 11.1 Å². The van der Waals surface area contributed by atoms with Gasteiger partial charge in [-0.3, -0.25) is 9.55 Å². The summed E-state index contributed by atoms with van der Waals surface area (Å²) in [7, 11) is 0. The maximum absolute atomic E-state index is 13.0. The molecule has 27 heavy (non-hydrogen) atoms. The van der Waals surface area contributed by atoms with Gasteiger partial charge in [0.05, 0.1) is 23.7 Å². The van der Waals surface area contributed by atoms with E-state index in [0.717, 1.165) is 31.4 Å². The van der Waals surface area contributed by atoms with Crippen LogP contribution in [-0.4, -0.2) is 27.2 Å². The fourth-order valence-electron chi connectivity index (χ4n) is 3.40. The zero-order valence-electron chi connectivity index (χ0n) is 14.4. The van der Waals surface area contributed by atoms with Crippen molar-refractivity contribution in [3.05, 3.63) is 52.6 Å². The van der Waals surface area contributed by atoms with Crippen molar-refractivity contribution in [1.29, 1.82) is 0 Å². The van der Waals surface area contributed by atoms with Gasteiger partial charge in [0, 0.05) is 18.4 Å². The Morgan fingerprint density at radius 3 is 2.81 bits per heavy atom. The van der Waals surface area contributed by atoms with Gasteiger partial charge in [-0.2, -0.15) is 13.2 Å². The number of alkyl halides is 3. The number of hydrogen-bond donors (Lipinski definition) is 1. The number of H-pyrrole nitrogens is 1. The number of halogens is 3. The first-order valence-corrected chi connectivity index (χ1v) is 8.79. The third kappa shape index (κ3) is 3.62. The molecular weight excluding hydrogens is 359 g/mol. The molecule has 1 aliphatic heterocycles. The third-order valence-corrected chi connectivity index (χ3v) is 4.81. The summed E-state index contributed by atoms with van der Waals surface area (Å²) >= 11 is 0. The standard InChI is InChI=1S/C19H18F3N3O2/c20-19(21,22)14-5-3-4-12(8-14)13-9-16-17(23-10-13)24-18(26)25(16)11-15-6-1-2-7-27-15/h3-5,8-10,15H,1-2,6-7,11H2,(H,23,24,26). The monoisotopic (exact) mass is 377 g/mol. The Labute approximate surface area is 152 Å². The van der Waals surface area contributed by atoms with Gasteiger partial charge >= 0.3 is 11.9 Å². The SMILES string of the molecule is O=c1[nH]c2ncc(-c3cccc(C(F)(F)F)c3)cc2n1CC1CCCCO1. The number of ether oxygens (including phenoxy) is 1. The Morgan fingerprint density at radius 2 is 2.07 bits per heavy atom. The molecule has 0 saturated carbocycles. The maximum Gasteiger partial charge on any atom is 0.416 e. The summed E-state index contributed by atoms with van der Waals surface area (Å²) in [4.78, 5) is 19.2. The van der Waals surface area contributed by atoms with Crippen molar-refractivity contribution < 1.29 is 17.9 Å². The largest absolute Gasteiger partial charge is 0.416 e. The molecule has 1 atom stereocenters. The van der Waals surface area contributed by atoms with E-state index < -0.39 is 11.7 Å². The Bertz CT molecular complexity index is 1020. The number of rotatable bonds is 3. The van der Waals surface area contributed by atoms with E-state index in [-0.39, 0.29) is 11.8 Å². The van der Waals surface area contributed by atoms with Crippen LogP contribution in [0.4, 0.5) is 13.2 Å². The number of aromatic nitrogens is 3. The normalized spacial score (nSPS) is 18.1. The lowest BCUT2D eigenvalue weighted by Crippen LogP contribution is -2.29. The summed E-state index contributed by atoms with van der Waals surface area (Å²) in [6.45, 7) is 1.07. The minimum atomic E-state index is -4.41. The molecule has 1 aromatic carbocycles. The van der Waals surface area contributed by atoms with Crippen LogP contribution in [0, 0.1) is 0 Å². The van der Waals surface area contributed by atoms with Gasteiger partial charge in [-0.15, -0.1) is 0 Å². The molecule has 4 rings (SSSR count). The van der Waals surface area contributed by atoms with Gasteiger partial charge in [-0.05, 0) is 43.0 Å². The zero-order chi connectivity index (χ0) is 19.0. The first-order valence-electron chi connectivity index (χ1n) is 8.79. The van der Waals surface area contributed by atoms with Crippen LogP contribution in [0.25, 0.3) is 22.3 Å². The fraction of sp³-hybridized carbons (Fsp3) is 0.368. The second-order valence-electron chi connectivity index (χ2n) is 6.70. The highest BCUT2D eigenvalue weighted by Crippen LogP contribution is 2.32. The lowest BCUT2D eigenvalue weighted by molar-refractivity contribution is -0.137. The first kappa shape index (κ1) is 17.8. The number of hydrogen-bond acceptors (Lipinski definition) is 3. The molecule has 8 heteroatoms. The van der Waals surface area contributed by atoms with Crippen molar-refractivity contribution in [1.82, 2.24) is 14.5 Å². The second kappa shape index (κ2) is 6.84. The quantitative estimate of drug-likeness (QED) is 0.751. The predicted molar refractivity (Wildman–Crippen MR) is 94.4 cm³/mol. The molecule has 0 bridgehead atoms. The Morgan fingerprint density at radius 1 is 1.22 bits per heavy atom. The summed E-state index contributed by atoms with van der Waals surface area (Å²) in [5, 5.41) is 0. The third-order valence-electron chi connectivity index (χ3n) is 4.81. The van der Waals surface area contributed by atoms with E-state index in [1.165, 1.54) is 12.3 Å². The van der Waals surface area contributed by atoms with Crippen molar-refractivity contribution >= 4 is 11.2 Å². The molecule has 142 valence electrons. The van der Waals surface area contributed by atoms with Crippen LogP contribution in [0.3, 0.4) is 0 Å². The van der Waals surface area contributed by atoms with Gasteiger partial charge < -0.3 is 4.74 Å². The molecule has 0 amide bonds. The molecule has 1 saturated heterocycles. The van der Waals surface area contributed by atoms with Crippen LogP contribution in [0.15, 0.2) is 41.3 Å². The van der Waals surface area contributed by atoms with Gasteiger partial charge in [-0.1, -0.05) is 12.1 Å². The van der Waals surface area contributed by atoms with E-state index in [0.29, 0.717) is 35.4 Å². The minimum absolute atomic E-state index is 0.0485. The number of nitrogens with zero attached hydrogens (tertiary/aromatic N) is 2. The van der Waals surface area contributed by atoms with Crippen LogP contribution in [0.1, 0.15) is 24.8 Å².